The lowest BCUT2D eigenvalue weighted by atomic mass is 10.2. The Bertz CT molecular complexity index is 363. The molecule has 6 heteroatoms. The van der Waals surface area contributed by atoms with E-state index in [1.54, 1.807) is 6.33 Å². The maximum absolute atomic E-state index is 11.7. The minimum absolute atomic E-state index is 0.0569. The number of aryl methyl sites for hydroxylation is 1. The molecule has 0 aliphatic heterocycles. The maximum Gasteiger partial charge on any atom is 0.236 e. The van der Waals surface area contributed by atoms with E-state index in [1.165, 1.54) is 0 Å². The second-order valence-corrected chi connectivity index (χ2v) is 4.43. The Morgan fingerprint density at radius 1 is 1.50 bits per heavy atom. The highest BCUT2D eigenvalue weighted by molar-refractivity contribution is 5.81. The van der Waals surface area contributed by atoms with E-state index in [9.17, 15) is 4.79 Å². The number of carbonyl (C=O) groups is 1. The summed E-state index contributed by atoms with van der Waals surface area (Å²) in [5.74, 6) is 0.975. The molecule has 1 atom stereocenters. The third-order valence-electron chi connectivity index (χ3n) is 2.83. The van der Waals surface area contributed by atoms with Gasteiger partial charge in [0.25, 0.3) is 0 Å². The molecule has 1 rings (SSSR count). The molecule has 18 heavy (non-hydrogen) atoms. The van der Waals surface area contributed by atoms with Crippen molar-refractivity contribution in [1.29, 1.82) is 0 Å². The van der Waals surface area contributed by atoms with Crippen LogP contribution in [0.15, 0.2) is 6.33 Å². The molecule has 102 valence electrons. The molecule has 0 aliphatic rings. The number of unbranched alkanes of at least 4 members (excludes halogenated alkanes) is 1. The Labute approximate surface area is 108 Å². The molecule has 1 heterocycles. The van der Waals surface area contributed by atoms with Crippen molar-refractivity contribution in [3.63, 3.8) is 0 Å². The fourth-order valence-corrected chi connectivity index (χ4v) is 1.57. The van der Waals surface area contributed by atoms with E-state index in [0.717, 1.165) is 38.2 Å². The number of amides is 1. The zero-order valence-electron chi connectivity index (χ0n) is 11.4. The Hall–Kier alpha value is -1.43. The average Bonchev–Trinajstić information content (AvgIpc) is 2.75. The lowest BCUT2D eigenvalue weighted by Crippen LogP contribution is -2.43. The van der Waals surface area contributed by atoms with Gasteiger partial charge in [0.1, 0.15) is 12.2 Å². The van der Waals surface area contributed by atoms with Gasteiger partial charge in [-0.2, -0.15) is 0 Å². The monoisotopic (exact) mass is 253 g/mol. The van der Waals surface area contributed by atoms with Gasteiger partial charge in [0.15, 0.2) is 0 Å². The molecule has 1 aromatic heterocycles. The SMILES string of the molecule is CCCCNC(=O)C(C)NCCc1nncn1C. The highest BCUT2D eigenvalue weighted by Gasteiger charge is 2.11. The van der Waals surface area contributed by atoms with Gasteiger partial charge >= 0.3 is 0 Å². The van der Waals surface area contributed by atoms with E-state index < -0.39 is 0 Å². The summed E-state index contributed by atoms with van der Waals surface area (Å²) in [7, 11) is 1.91. The topological polar surface area (TPSA) is 71.8 Å². The lowest BCUT2D eigenvalue weighted by Gasteiger charge is -2.13. The molecule has 0 saturated carbocycles. The van der Waals surface area contributed by atoms with Crippen LogP contribution in [0.4, 0.5) is 0 Å². The number of nitrogens with zero attached hydrogens (tertiary/aromatic N) is 3. The number of hydrogen-bond acceptors (Lipinski definition) is 4. The van der Waals surface area contributed by atoms with Crippen LogP contribution in [-0.2, 0) is 18.3 Å². The van der Waals surface area contributed by atoms with Crippen LogP contribution >= 0.6 is 0 Å². The molecule has 0 aromatic carbocycles. The van der Waals surface area contributed by atoms with Crippen molar-refractivity contribution < 1.29 is 4.79 Å². The molecule has 0 fully saturated rings. The first-order valence-electron chi connectivity index (χ1n) is 6.49. The number of nitrogens with one attached hydrogen (secondary N) is 2. The van der Waals surface area contributed by atoms with Crippen LogP contribution in [0.1, 0.15) is 32.5 Å². The van der Waals surface area contributed by atoms with Gasteiger partial charge in [0.05, 0.1) is 6.04 Å². The van der Waals surface area contributed by atoms with Crippen molar-refractivity contribution in [3.8, 4) is 0 Å². The molecule has 1 amide bonds. The highest BCUT2D eigenvalue weighted by atomic mass is 16.2. The standard InChI is InChI=1S/C12H23N5O/c1-4-5-7-14-12(18)10(2)13-8-6-11-16-15-9-17(11)3/h9-10,13H,4-8H2,1-3H3,(H,14,18). The lowest BCUT2D eigenvalue weighted by molar-refractivity contribution is -0.122. The molecule has 0 radical (unpaired) electrons. The van der Waals surface area contributed by atoms with Crippen molar-refractivity contribution in [1.82, 2.24) is 25.4 Å². The maximum atomic E-state index is 11.7. The molecule has 1 aromatic rings. The Morgan fingerprint density at radius 3 is 2.89 bits per heavy atom. The summed E-state index contributed by atoms with van der Waals surface area (Å²) >= 11 is 0. The van der Waals surface area contributed by atoms with Crippen molar-refractivity contribution in [2.24, 2.45) is 7.05 Å². The highest BCUT2D eigenvalue weighted by Crippen LogP contribution is 1.92. The molecule has 0 spiro atoms. The van der Waals surface area contributed by atoms with E-state index in [0.29, 0.717) is 0 Å². The van der Waals surface area contributed by atoms with Gasteiger partial charge < -0.3 is 15.2 Å². The molecule has 0 aliphatic carbocycles. The first-order chi connectivity index (χ1) is 8.65. The van der Waals surface area contributed by atoms with Gasteiger partial charge in [-0.1, -0.05) is 13.3 Å². The summed E-state index contributed by atoms with van der Waals surface area (Å²) in [6.45, 7) is 5.45. The normalized spacial score (nSPS) is 12.4. The van der Waals surface area contributed by atoms with Crippen LogP contribution in [-0.4, -0.2) is 39.8 Å². The van der Waals surface area contributed by atoms with Gasteiger partial charge in [-0.25, -0.2) is 0 Å². The molecule has 2 N–H and O–H groups in total. The molecule has 0 bridgehead atoms. The van der Waals surface area contributed by atoms with Crippen LogP contribution in [0.2, 0.25) is 0 Å². The second kappa shape index (κ2) is 7.81. The minimum atomic E-state index is -0.171. The molecular formula is C12H23N5O. The van der Waals surface area contributed by atoms with Gasteiger partial charge in [-0.05, 0) is 13.3 Å². The molecule has 1 unspecified atom stereocenters. The fraction of sp³-hybridized carbons (Fsp3) is 0.750. The molecule has 0 saturated heterocycles. The van der Waals surface area contributed by atoms with Crippen LogP contribution in [0.25, 0.3) is 0 Å². The smallest absolute Gasteiger partial charge is 0.236 e. The Kier molecular flexibility index (Phi) is 6.35. The van der Waals surface area contributed by atoms with Gasteiger partial charge in [-0.3, -0.25) is 4.79 Å². The molecular weight excluding hydrogens is 230 g/mol. The third-order valence-corrected chi connectivity index (χ3v) is 2.83. The second-order valence-electron chi connectivity index (χ2n) is 4.43. The van der Waals surface area contributed by atoms with Gasteiger partial charge in [-0.15, -0.1) is 10.2 Å². The Morgan fingerprint density at radius 2 is 2.28 bits per heavy atom. The van der Waals surface area contributed by atoms with Crippen molar-refractivity contribution in [2.45, 2.75) is 39.2 Å². The summed E-state index contributed by atoms with van der Waals surface area (Å²) < 4.78 is 1.88. The summed E-state index contributed by atoms with van der Waals surface area (Å²) in [6, 6.07) is -0.171. The van der Waals surface area contributed by atoms with Crippen molar-refractivity contribution in [3.05, 3.63) is 12.2 Å². The van der Waals surface area contributed by atoms with Crippen LogP contribution < -0.4 is 10.6 Å². The molecule has 6 nitrogen and oxygen atoms in total. The van der Waals surface area contributed by atoms with Crippen molar-refractivity contribution >= 4 is 5.91 Å². The predicted molar refractivity (Wildman–Crippen MR) is 70.1 cm³/mol. The zero-order valence-corrected chi connectivity index (χ0v) is 11.4. The van der Waals surface area contributed by atoms with Crippen molar-refractivity contribution in [2.75, 3.05) is 13.1 Å². The summed E-state index contributed by atoms with van der Waals surface area (Å²) in [6.07, 6.45) is 4.56. The van der Waals surface area contributed by atoms with Crippen LogP contribution in [0.5, 0.6) is 0 Å². The first kappa shape index (κ1) is 14.6. The number of rotatable bonds is 8. The predicted octanol–water partition coefficient (Wildman–Crippen LogP) is 0.252. The third kappa shape index (κ3) is 4.83. The van der Waals surface area contributed by atoms with E-state index in [4.69, 9.17) is 0 Å². The number of hydrogen-bond donors (Lipinski definition) is 2. The minimum Gasteiger partial charge on any atom is -0.355 e. The Balaban J connectivity index is 2.18. The number of carbonyl (C=O) groups excluding carboxylic acids is 1. The van der Waals surface area contributed by atoms with E-state index in [1.807, 2.05) is 18.5 Å². The van der Waals surface area contributed by atoms with E-state index in [-0.39, 0.29) is 11.9 Å². The van der Waals surface area contributed by atoms with Crippen LogP contribution in [0.3, 0.4) is 0 Å². The van der Waals surface area contributed by atoms with Gasteiger partial charge in [0, 0.05) is 26.6 Å². The largest absolute Gasteiger partial charge is 0.355 e. The number of aromatic nitrogens is 3. The summed E-state index contributed by atoms with van der Waals surface area (Å²) in [5, 5.41) is 13.9. The zero-order chi connectivity index (χ0) is 13.4. The van der Waals surface area contributed by atoms with Gasteiger partial charge in [0.2, 0.25) is 5.91 Å². The average molecular weight is 253 g/mol. The summed E-state index contributed by atoms with van der Waals surface area (Å²) in [5.41, 5.74) is 0. The van der Waals surface area contributed by atoms with E-state index in [2.05, 4.69) is 27.8 Å². The van der Waals surface area contributed by atoms with Crippen LogP contribution in [0, 0.1) is 0 Å². The summed E-state index contributed by atoms with van der Waals surface area (Å²) in [4.78, 5) is 11.7. The van der Waals surface area contributed by atoms with E-state index >= 15 is 0 Å². The first-order valence-corrected chi connectivity index (χ1v) is 6.49. The fourth-order valence-electron chi connectivity index (χ4n) is 1.57. The quantitative estimate of drug-likeness (QED) is 0.652.